The van der Waals surface area contributed by atoms with Crippen molar-refractivity contribution in [3.8, 4) is 11.5 Å². The van der Waals surface area contributed by atoms with E-state index in [0.717, 1.165) is 46.4 Å². The van der Waals surface area contributed by atoms with Crippen LogP contribution in [-0.2, 0) is 4.74 Å². The van der Waals surface area contributed by atoms with E-state index in [4.69, 9.17) is 15.0 Å². The lowest BCUT2D eigenvalue weighted by Gasteiger charge is -2.18. The van der Waals surface area contributed by atoms with Crippen LogP contribution in [0.2, 0.25) is 0 Å². The van der Waals surface area contributed by atoms with E-state index in [1.54, 1.807) is 0 Å². The third kappa shape index (κ3) is 2.75. The normalized spacial score (nSPS) is 16.5. The van der Waals surface area contributed by atoms with Crippen molar-refractivity contribution in [3.05, 3.63) is 26.9 Å². The number of nitrogens with zero attached hydrogens (tertiary/aromatic N) is 2. The molecule has 1 aliphatic rings. The van der Waals surface area contributed by atoms with E-state index in [2.05, 4.69) is 42.0 Å². The van der Waals surface area contributed by atoms with Crippen molar-refractivity contribution in [1.29, 1.82) is 0 Å². The van der Waals surface area contributed by atoms with Crippen LogP contribution in [0.1, 0.15) is 24.6 Å². The van der Waals surface area contributed by atoms with E-state index >= 15 is 0 Å². The molecular formula is C13H13Br2N3O2. The molecule has 7 heteroatoms. The quantitative estimate of drug-likeness (QED) is 0.774. The minimum absolute atomic E-state index is 0.304. The first-order valence-electron chi connectivity index (χ1n) is 6.31. The number of nitrogen functional groups attached to an aromatic ring is 1. The monoisotopic (exact) mass is 401 g/mol. The molecule has 2 heterocycles. The van der Waals surface area contributed by atoms with E-state index in [0.29, 0.717) is 17.5 Å². The standard InChI is InChI=1S/C13H13Br2N3O2/c14-8-5-9(11(16)10(15)6-8)13-17-12(18-20-13)7-1-3-19-4-2-7/h5-7H,1-4,16H2. The lowest BCUT2D eigenvalue weighted by Crippen LogP contribution is -2.15. The van der Waals surface area contributed by atoms with E-state index in [1.165, 1.54) is 0 Å². The molecule has 1 aromatic heterocycles. The number of hydrogen-bond acceptors (Lipinski definition) is 5. The lowest BCUT2D eigenvalue weighted by atomic mass is 10.00. The van der Waals surface area contributed by atoms with Crippen LogP contribution in [0.3, 0.4) is 0 Å². The Morgan fingerprint density at radius 1 is 1.20 bits per heavy atom. The summed E-state index contributed by atoms with van der Waals surface area (Å²) in [5.74, 6) is 1.49. The molecule has 1 aromatic carbocycles. The zero-order chi connectivity index (χ0) is 14.1. The smallest absolute Gasteiger partial charge is 0.260 e. The van der Waals surface area contributed by atoms with Gasteiger partial charge in [-0.2, -0.15) is 4.98 Å². The van der Waals surface area contributed by atoms with Crippen molar-refractivity contribution >= 4 is 37.5 Å². The number of aromatic nitrogens is 2. The average Bonchev–Trinajstić information content (AvgIpc) is 2.93. The Morgan fingerprint density at radius 2 is 1.95 bits per heavy atom. The van der Waals surface area contributed by atoms with Gasteiger partial charge in [-0.05, 0) is 40.9 Å². The maximum Gasteiger partial charge on any atom is 0.260 e. The summed E-state index contributed by atoms with van der Waals surface area (Å²) in [6.07, 6.45) is 1.85. The second-order valence-electron chi connectivity index (χ2n) is 4.69. The molecule has 106 valence electrons. The SMILES string of the molecule is Nc1c(Br)cc(Br)cc1-c1nc(C2CCOCC2)no1. The van der Waals surface area contributed by atoms with Crippen LogP contribution in [0.15, 0.2) is 25.6 Å². The fraction of sp³-hybridized carbons (Fsp3) is 0.385. The Labute approximate surface area is 133 Å². The van der Waals surface area contributed by atoms with E-state index in [1.807, 2.05) is 12.1 Å². The summed E-state index contributed by atoms with van der Waals surface area (Å²) in [5, 5.41) is 4.09. The fourth-order valence-electron chi connectivity index (χ4n) is 2.23. The van der Waals surface area contributed by atoms with E-state index in [-0.39, 0.29) is 0 Å². The van der Waals surface area contributed by atoms with Crippen molar-refractivity contribution in [2.75, 3.05) is 18.9 Å². The lowest BCUT2D eigenvalue weighted by molar-refractivity contribution is 0.0830. The number of benzene rings is 1. The Kier molecular flexibility index (Phi) is 4.09. The molecule has 1 saturated heterocycles. The highest BCUT2D eigenvalue weighted by molar-refractivity contribution is 9.11. The van der Waals surface area contributed by atoms with Gasteiger partial charge in [-0.25, -0.2) is 0 Å². The van der Waals surface area contributed by atoms with Gasteiger partial charge in [-0.15, -0.1) is 0 Å². The summed E-state index contributed by atoms with van der Waals surface area (Å²) in [7, 11) is 0. The molecule has 0 aliphatic carbocycles. The summed E-state index contributed by atoms with van der Waals surface area (Å²) in [4.78, 5) is 4.49. The number of halogens is 2. The highest BCUT2D eigenvalue weighted by Gasteiger charge is 2.22. The van der Waals surface area contributed by atoms with Crippen molar-refractivity contribution in [1.82, 2.24) is 10.1 Å². The van der Waals surface area contributed by atoms with E-state index in [9.17, 15) is 0 Å². The molecule has 0 bridgehead atoms. The van der Waals surface area contributed by atoms with Gasteiger partial charge in [0.15, 0.2) is 5.82 Å². The van der Waals surface area contributed by atoms with Gasteiger partial charge in [0, 0.05) is 28.1 Å². The molecule has 5 nitrogen and oxygen atoms in total. The Bertz CT molecular complexity index is 624. The van der Waals surface area contributed by atoms with Gasteiger partial charge >= 0.3 is 0 Å². The van der Waals surface area contributed by atoms with Gasteiger partial charge in [-0.1, -0.05) is 21.1 Å². The van der Waals surface area contributed by atoms with Crippen LogP contribution < -0.4 is 5.73 Å². The second kappa shape index (κ2) is 5.83. The molecule has 0 atom stereocenters. The minimum atomic E-state index is 0.304. The summed E-state index contributed by atoms with van der Waals surface area (Å²) >= 11 is 6.85. The number of rotatable bonds is 2. The summed E-state index contributed by atoms with van der Waals surface area (Å²) in [5.41, 5.74) is 7.38. The van der Waals surface area contributed by atoms with Crippen LogP contribution in [0.5, 0.6) is 0 Å². The molecule has 0 saturated carbocycles. The average molecular weight is 403 g/mol. The van der Waals surface area contributed by atoms with Gasteiger partial charge in [-0.3, -0.25) is 0 Å². The third-order valence-corrected chi connectivity index (χ3v) is 4.47. The maximum absolute atomic E-state index is 6.06. The minimum Gasteiger partial charge on any atom is -0.397 e. The van der Waals surface area contributed by atoms with E-state index < -0.39 is 0 Å². The van der Waals surface area contributed by atoms with Crippen LogP contribution >= 0.6 is 31.9 Å². The summed E-state index contributed by atoms with van der Waals surface area (Å²) in [6, 6.07) is 3.76. The maximum atomic E-state index is 6.06. The highest BCUT2D eigenvalue weighted by Crippen LogP contribution is 2.35. The summed E-state index contributed by atoms with van der Waals surface area (Å²) < 4.78 is 12.4. The van der Waals surface area contributed by atoms with Crippen LogP contribution in [0.25, 0.3) is 11.5 Å². The molecule has 2 aromatic rings. The van der Waals surface area contributed by atoms with Crippen molar-refractivity contribution < 1.29 is 9.26 Å². The van der Waals surface area contributed by atoms with Gasteiger partial charge in [0.05, 0.1) is 11.3 Å². The molecule has 2 N–H and O–H groups in total. The molecule has 1 aliphatic heterocycles. The molecule has 0 amide bonds. The largest absolute Gasteiger partial charge is 0.397 e. The number of hydrogen-bond donors (Lipinski definition) is 1. The summed E-state index contributed by atoms with van der Waals surface area (Å²) in [6.45, 7) is 1.50. The van der Waals surface area contributed by atoms with Gasteiger partial charge in [0.2, 0.25) is 0 Å². The van der Waals surface area contributed by atoms with Gasteiger partial charge < -0.3 is 15.0 Å². The molecule has 20 heavy (non-hydrogen) atoms. The topological polar surface area (TPSA) is 74.2 Å². The van der Waals surface area contributed by atoms with Crippen molar-refractivity contribution in [2.24, 2.45) is 0 Å². The van der Waals surface area contributed by atoms with Crippen LogP contribution in [0.4, 0.5) is 5.69 Å². The predicted octanol–water partition coefficient (Wildman–Crippen LogP) is 3.74. The number of ether oxygens (including phenoxy) is 1. The Morgan fingerprint density at radius 3 is 2.70 bits per heavy atom. The predicted molar refractivity (Wildman–Crippen MR) is 82.3 cm³/mol. The zero-order valence-corrected chi connectivity index (χ0v) is 13.8. The highest BCUT2D eigenvalue weighted by atomic mass is 79.9. The molecule has 0 unspecified atom stereocenters. The first-order valence-corrected chi connectivity index (χ1v) is 7.90. The second-order valence-corrected chi connectivity index (χ2v) is 6.46. The molecule has 1 fully saturated rings. The molecule has 3 rings (SSSR count). The van der Waals surface area contributed by atoms with Gasteiger partial charge in [0.1, 0.15) is 0 Å². The third-order valence-electron chi connectivity index (χ3n) is 3.35. The zero-order valence-electron chi connectivity index (χ0n) is 10.6. The van der Waals surface area contributed by atoms with Gasteiger partial charge in [0.25, 0.3) is 5.89 Å². The van der Waals surface area contributed by atoms with Crippen LogP contribution in [0, 0.1) is 0 Å². The Hall–Kier alpha value is -0.920. The Balaban J connectivity index is 1.93. The molecule has 0 spiro atoms. The number of anilines is 1. The first kappa shape index (κ1) is 14.0. The molecule has 0 radical (unpaired) electrons. The fourth-order valence-corrected chi connectivity index (χ4v) is 3.45. The van der Waals surface area contributed by atoms with Crippen molar-refractivity contribution in [3.63, 3.8) is 0 Å². The molecular weight excluding hydrogens is 390 g/mol. The first-order chi connectivity index (χ1) is 9.65. The van der Waals surface area contributed by atoms with Crippen molar-refractivity contribution in [2.45, 2.75) is 18.8 Å². The van der Waals surface area contributed by atoms with Crippen LogP contribution in [-0.4, -0.2) is 23.4 Å². The number of nitrogens with two attached hydrogens (primary N) is 1.